The maximum Gasteiger partial charge on any atom is 0.243 e. The number of hydrogen-bond donors (Lipinski definition) is 1. The number of amides is 2. The molecule has 0 radical (unpaired) electrons. The van der Waals surface area contributed by atoms with Crippen LogP contribution in [0.25, 0.3) is 0 Å². The first-order valence-electron chi connectivity index (χ1n) is 6.41. The summed E-state index contributed by atoms with van der Waals surface area (Å²) in [5.41, 5.74) is 0. The quantitative estimate of drug-likeness (QED) is 0.544. The zero-order chi connectivity index (χ0) is 13.5. The number of carbonyl (C=O) groups excluding carboxylic acids is 2. The van der Waals surface area contributed by atoms with Crippen LogP contribution in [0.2, 0.25) is 0 Å². The molecule has 1 N–H and O–H groups in total. The van der Waals surface area contributed by atoms with Crippen molar-refractivity contribution in [2.45, 2.75) is 25.3 Å². The summed E-state index contributed by atoms with van der Waals surface area (Å²) >= 11 is 0. The monoisotopic (exact) mass is 253 g/mol. The zero-order valence-corrected chi connectivity index (χ0v) is 11.3. The molecule has 2 amide bonds. The number of hydrogen-bond acceptors (Lipinski definition) is 3. The molecule has 0 aromatic heterocycles. The number of likely N-dealkylation sites (tertiary alicyclic amines) is 1. The fourth-order valence-electron chi connectivity index (χ4n) is 2.24. The first-order valence-corrected chi connectivity index (χ1v) is 6.41. The van der Waals surface area contributed by atoms with Gasteiger partial charge in [-0.15, -0.1) is 0 Å². The number of nitrogens with zero attached hydrogens (tertiary/aromatic N) is 2. The Bertz CT molecular complexity index is 315. The molecule has 5 heteroatoms. The highest BCUT2D eigenvalue weighted by atomic mass is 16.2. The lowest BCUT2D eigenvalue weighted by Gasteiger charge is -2.25. The van der Waals surface area contributed by atoms with Gasteiger partial charge in [-0.1, -0.05) is 6.58 Å². The van der Waals surface area contributed by atoms with E-state index < -0.39 is 0 Å². The molecular formula is C13H23N3O2. The zero-order valence-electron chi connectivity index (χ0n) is 11.3. The first-order chi connectivity index (χ1) is 8.56. The number of nitrogens with one attached hydrogen (secondary N) is 1. The summed E-state index contributed by atoms with van der Waals surface area (Å²) in [6.07, 6.45) is 4.14. The second-order valence-electron chi connectivity index (χ2n) is 4.78. The topological polar surface area (TPSA) is 52.7 Å². The third-order valence-electron chi connectivity index (χ3n) is 3.20. The molecule has 0 aliphatic carbocycles. The van der Waals surface area contributed by atoms with Gasteiger partial charge in [0.2, 0.25) is 11.8 Å². The van der Waals surface area contributed by atoms with Crippen LogP contribution in [0.4, 0.5) is 0 Å². The molecule has 0 aromatic carbocycles. The number of rotatable bonds is 6. The van der Waals surface area contributed by atoms with Gasteiger partial charge in [-0.25, -0.2) is 0 Å². The lowest BCUT2D eigenvalue weighted by atomic mass is 10.2. The predicted molar refractivity (Wildman–Crippen MR) is 71.1 cm³/mol. The van der Waals surface area contributed by atoms with Crippen LogP contribution < -0.4 is 5.32 Å². The highest BCUT2D eigenvalue weighted by Crippen LogP contribution is 2.18. The standard InChI is InChI=1S/C13H23N3O2/c1-4-12(17)14-8-6-10-16-9-5-7-11(16)13(18)15(2)3/h4,11H,1,5-10H2,2-3H3,(H,14,17). The van der Waals surface area contributed by atoms with Crippen molar-refractivity contribution in [2.75, 3.05) is 33.7 Å². The van der Waals surface area contributed by atoms with Crippen LogP contribution in [-0.4, -0.2) is 61.4 Å². The molecule has 1 heterocycles. The molecule has 1 saturated heterocycles. The Labute approximate surface area is 109 Å². The van der Waals surface area contributed by atoms with Crippen LogP contribution in [0.3, 0.4) is 0 Å². The van der Waals surface area contributed by atoms with Gasteiger partial charge < -0.3 is 10.2 Å². The van der Waals surface area contributed by atoms with E-state index in [2.05, 4.69) is 16.8 Å². The second kappa shape index (κ2) is 7.16. The molecule has 1 rings (SSSR count). The molecule has 1 aliphatic rings. The van der Waals surface area contributed by atoms with Gasteiger partial charge in [-0.3, -0.25) is 14.5 Å². The number of likely N-dealkylation sites (N-methyl/N-ethyl adjacent to an activating group) is 1. The molecule has 1 aliphatic heterocycles. The molecule has 102 valence electrons. The molecule has 18 heavy (non-hydrogen) atoms. The summed E-state index contributed by atoms with van der Waals surface area (Å²) in [6, 6.07) is 0.0232. The lowest BCUT2D eigenvalue weighted by molar-refractivity contribution is -0.133. The Kier molecular flexibility index (Phi) is 5.85. The molecule has 0 bridgehead atoms. The molecule has 0 spiro atoms. The molecule has 1 unspecified atom stereocenters. The Morgan fingerprint density at radius 1 is 1.50 bits per heavy atom. The molecule has 1 atom stereocenters. The summed E-state index contributed by atoms with van der Waals surface area (Å²) in [4.78, 5) is 26.8. The van der Waals surface area contributed by atoms with Crippen LogP contribution >= 0.6 is 0 Å². The van der Waals surface area contributed by atoms with Crippen molar-refractivity contribution in [3.63, 3.8) is 0 Å². The van der Waals surface area contributed by atoms with Gasteiger partial charge in [0.05, 0.1) is 6.04 Å². The van der Waals surface area contributed by atoms with E-state index in [1.807, 2.05) is 0 Å². The normalized spacial score (nSPS) is 19.6. The van der Waals surface area contributed by atoms with Crippen molar-refractivity contribution in [1.82, 2.24) is 15.1 Å². The van der Waals surface area contributed by atoms with E-state index in [1.54, 1.807) is 19.0 Å². The van der Waals surface area contributed by atoms with Gasteiger partial charge in [0, 0.05) is 27.2 Å². The summed E-state index contributed by atoms with van der Waals surface area (Å²) in [5.74, 6) is 0.0416. The maximum absolute atomic E-state index is 11.9. The molecule has 0 saturated carbocycles. The summed E-state index contributed by atoms with van der Waals surface area (Å²) in [7, 11) is 3.59. The third kappa shape index (κ3) is 4.14. The number of carbonyl (C=O) groups is 2. The summed E-state index contributed by atoms with van der Waals surface area (Å²) in [6.45, 7) is 5.85. The van der Waals surface area contributed by atoms with Gasteiger partial charge in [-0.2, -0.15) is 0 Å². The van der Waals surface area contributed by atoms with Crippen LogP contribution in [-0.2, 0) is 9.59 Å². The minimum absolute atomic E-state index is 0.0232. The predicted octanol–water partition coefficient (Wildman–Crippen LogP) is 0.231. The van der Waals surface area contributed by atoms with Crippen LogP contribution in [0, 0.1) is 0 Å². The molecule has 1 fully saturated rings. The van der Waals surface area contributed by atoms with Gasteiger partial charge in [0.25, 0.3) is 0 Å². The summed E-state index contributed by atoms with van der Waals surface area (Å²) in [5, 5.41) is 2.74. The largest absolute Gasteiger partial charge is 0.353 e. The van der Waals surface area contributed by atoms with Crippen molar-refractivity contribution >= 4 is 11.8 Å². The Morgan fingerprint density at radius 2 is 2.22 bits per heavy atom. The minimum Gasteiger partial charge on any atom is -0.353 e. The third-order valence-corrected chi connectivity index (χ3v) is 3.20. The van der Waals surface area contributed by atoms with Crippen molar-refractivity contribution < 1.29 is 9.59 Å². The minimum atomic E-state index is -0.141. The average molecular weight is 253 g/mol. The summed E-state index contributed by atoms with van der Waals surface area (Å²) < 4.78 is 0. The average Bonchev–Trinajstić information content (AvgIpc) is 2.81. The highest BCUT2D eigenvalue weighted by molar-refractivity contribution is 5.86. The van der Waals surface area contributed by atoms with E-state index in [0.717, 1.165) is 32.4 Å². The molecule has 5 nitrogen and oxygen atoms in total. The Morgan fingerprint density at radius 3 is 2.83 bits per heavy atom. The molecular weight excluding hydrogens is 230 g/mol. The van der Waals surface area contributed by atoms with Crippen molar-refractivity contribution in [1.29, 1.82) is 0 Å². The SMILES string of the molecule is C=CC(=O)NCCCN1CCCC1C(=O)N(C)C. The fraction of sp³-hybridized carbons (Fsp3) is 0.692. The van der Waals surface area contributed by atoms with E-state index in [0.29, 0.717) is 6.54 Å². The van der Waals surface area contributed by atoms with E-state index in [-0.39, 0.29) is 17.9 Å². The van der Waals surface area contributed by atoms with Gasteiger partial charge >= 0.3 is 0 Å². The van der Waals surface area contributed by atoms with Crippen LogP contribution in [0.5, 0.6) is 0 Å². The van der Waals surface area contributed by atoms with E-state index in [4.69, 9.17) is 0 Å². The lowest BCUT2D eigenvalue weighted by Crippen LogP contribution is -2.43. The van der Waals surface area contributed by atoms with Gasteiger partial charge in [0.1, 0.15) is 0 Å². The van der Waals surface area contributed by atoms with Crippen molar-refractivity contribution in [3.05, 3.63) is 12.7 Å². The van der Waals surface area contributed by atoms with Gasteiger partial charge in [0.15, 0.2) is 0 Å². The Balaban J connectivity index is 2.30. The first kappa shape index (κ1) is 14.7. The maximum atomic E-state index is 11.9. The second-order valence-corrected chi connectivity index (χ2v) is 4.78. The van der Waals surface area contributed by atoms with Crippen molar-refractivity contribution in [2.24, 2.45) is 0 Å². The van der Waals surface area contributed by atoms with Crippen LogP contribution in [0.1, 0.15) is 19.3 Å². The van der Waals surface area contributed by atoms with E-state index >= 15 is 0 Å². The highest BCUT2D eigenvalue weighted by Gasteiger charge is 2.30. The van der Waals surface area contributed by atoms with Gasteiger partial charge in [-0.05, 0) is 31.9 Å². The van der Waals surface area contributed by atoms with E-state index in [9.17, 15) is 9.59 Å². The smallest absolute Gasteiger partial charge is 0.243 e. The van der Waals surface area contributed by atoms with Crippen molar-refractivity contribution in [3.8, 4) is 0 Å². The Hall–Kier alpha value is -1.36. The fourth-order valence-corrected chi connectivity index (χ4v) is 2.24. The molecule has 0 aromatic rings. The van der Waals surface area contributed by atoms with Crippen LogP contribution in [0.15, 0.2) is 12.7 Å². The van der Waals surface area contributed by atoms with E-state index in [1.165, 1.54) is 6.08 Å².